The predicted octanol–water partition coefficient (Wildman–Crippen LogP) is 0.578. The highest BCUT2D eigenvalue weighted by molar-refractivity contribution is 7.92. The lowest BCUT2D eigenvalue weighted by Crippen LogP contribution is -2.37. The van der Waals surface area contributed by atoms with Crippen molar-refractivity contribution >= 4 is 33.3 Å². The molecule has 1 aromatic carbocycles. The van der Waals surface area contributed by atoms with Gasteiger partial charge in [0.2, 0.25) is 21.9 Å². The summed E-state index contributed by atoms with van der Waals surface area (Å²) in [6, 6.07) is 4.87. The van der Waals surface area contributed by atoms with Crippen LogP contribution in [0.3, 0.4) is 0 Å². The van der Waals surface area contributed by atoms with Gasteiger partial charge in [-0.25, -0.2) is 17.8 Å². The Morgan fingerprint density at radius 2 is 2.04 bits per heavy atom. The summed E-state index contributed by atoms with van der Waals surface area (Å²) in [5.41, 5.74) is 0.566. The molecule has 0 fully saturated rings. The van der Waals surface area contributed by atoms with E-state index < -0.39 is 28.3 Å². The summed E-state index contributed by atoms with van der Waals surface area (Å²) in [5, 5.41) is 4.97. The van der Waals surface area contributed by atoms with Crippen molar-refractivity contribution in [3.8, 4) is 0 Å². The molecule has 0 aliphatic heterocycles. The molecule has 2 aromatic heterocycles. The fourth-order valence-electron chi connectivity index (χ4n) is 2.49. The van der Waals surface area contributed by atoms with Crippen molar-refractivity contribution in [2.24, 2.45) is 0 Å². The Bertz CT molecular complexity index is 1230. The van der Waals surface area contributed by atoms with Gasteiger partial charge in [0.25, 0.3) is 11.3 Å². The molecule has 3 rings (SSSR count). The first-order valence-electron chi connectivity index (χ1n) is 8.05. The SMILES string of the molecule is Cc1nc2nc(NC(=O)CN(c3cccc(F)c3)S(C)(=O)=O)[nH]n2c(=O)c1C. The number of sulfonamides is 1. The summed E-state index contributed by atoms with van der Waals surface area (Å²) in [5.74, 6) is -1.39. The summed E-state index contributed by atoms with van der Waals surface area (Å²) in [4.78, 5) is 32.7. The number of hydrogen-bond acceptors (Lipinski definition) is 6. The van der Waals surface area contributed by atoms with Gasteiger partial charge >= 0.3 is 0 Å². The number of nitrogens with one attached hydrogen (secondary N) is 2. The Hall–Kier alpha value is -3.28. The maximum Gasteiger partial charge on any atom is 0.277 e. The number of carbonyl (C=O) groups excluding carboxylic acids is 1. The van der Waals surface area contributed by atoms with Crippen LogP contribution >= 0.6 is 0 Å². The lowest BCUT2D eigenvalue weighted by Gasteiger charge is -2.21. The van der Waals surface area contributed by atoms with Crippen molar-refractivity contribution < 1.29 is 17.6 Å². The molecule has 148 valence electrons. The Morgan fingerprint density at radius 1 is 1.32 bits per heavy atom. The zero-order valence-electron chi connectivity index (χ0n) is 15.2. The second kappa shape index (κ2) is 7.03. The van der Waals surface area contributed by atoms with Crippen LogP contribution in [0.2, 0.25) is 0 Å². The maximum atomic E-state index is 13.4. The van der Waals surface area contributed by atoms with E-state index in [0.717, 1.165) is 27.2 Å². The number of aryl methyl sites for hydroxylation is 1. The summed E-state index contributed by atoms with van der Waals surface area (Å²) in [6.45, 7) is 2.66. The number of fused-ring (bicyclic) bond motifs is 1. The molecule has 0 unspecified atom stereocenters. The summed E-state index contributed by atoms with van der Waals surface area (Å²) in [6.07, 6.45) is 0.904. The molecule has 12 heteroatoms. The molecule has 0 aliphatic carbocycles. The van der Waals surface area contributed by atoms with Gasteiger partial charge in [-0.05, 0) is 32.0 Å². The standard InChI is InChI=1S/C16H17FN6O4S/c1-9-10(2)18-16-20-15(21-23(16)14(9)25)19-13(24)8-22(28(3,26)27)12-6-4-5-11(17)7-12/h4-7H,8H2,1-3H3,(H2,18,19,20,21,24). The molecular formula is C16H17FN6O4S. The number of halogens is 1. The minimum absolute atomic E-state index is 0.00592. The van der Waals surface area contributed by atoms with Crippen molar-refractivity contribution in [1.82, 2.24) is 19.6 Å². The minimum Gasteiger partial charge on any atom is -0.293 e. The van der Waals surface area contributed by atoms with E-state index >= 15 is 0 Å². The molecule has 1 amide bonds. The second-order valence-electron chi connectivity index (χ2n) is 6.13. The lowest BCUT2D eigenvalue weighted by atomic mass is 10.3. The Labute approximate surface area is 159 Å². The van der Waals surface area contributed by atoms with E-state index in [2.05, 4.69) is 20.4 Å². The highest BCUT2D eigenvalue weighted by atomic mass is 32.2. The predicted molar refractivity (Wildman–Crippen MR) is 100 cm³/mol. The van der Waals surface area contributed by atoms with Crippen LogP contribution in [-0.4, -0.2) is 46.7 Å². The molecular weight excluding hydrogens is 391 g/mol. The van der Waals surface area contributed by atoms with E-state index in [9.17, 15) is 22.4 Å². The van der Waals surface area contributed by atoms with Gasteiger partial charge in [-0.3, -0.25) is 24.3 Å². The summed E-state index contributed by atoms with van der Waals surface area (Å²) >= 11 is 0. The third-order valence-corrected chi connectivity index (χ3v) is 5.15. The van der Waals surface area contributed by atoms with Gasteiger partial charge in [-0.1, -0.05) is 6.07 Å². The molecule has 0 radical (unpaired) electrons. The van der Waals surface area contributed by atoms with E-state index in [4.69, 9.17) is 0 Å². The zero-order valence-corrected chi connectivity index (χ0v) is 16.0. The number of anilines is 2. The fraction of sp³-hybridized carbons (Fsp3) is 0.250. The van der Waals surface area contributed by atoms with Gasteiger partial charge in [0.1, 0.15) is 12.4 Å². The van der Waals surface area contributed by atoms with Crippen molar-refractivity contribution in [1.29, 1.82) is 0 Å². The average molecular weight is 408 g/mol. The van der Waals surface area contributed by atoms with Crippen LogP contribution in [0.5, 0.6) is 0 Å². The smallest absolute Gasteiger partial charge is 0.277 e. The number of aromatic nitrogens is 4. The molecule has 28 heavy (non-hydrogen) atoms. The summed E-state index contributed by atoms with van der Waals surface area (Å²) in [7, 11) is -3.86. The first-order valence-corrected chi connectivity index (χ1v) is 9.90. The Balaban J connectivity index is 1.87. The van der Waals surface area contributed by atoms with Crippen LogP contribution < -0.4 is 15.2 Å². The highest BCUT2D eigenvalue weighted by Gasteiger charge is 2.22. The van der Waals surface area contributed by atoms with Crippen LogP contribution in [0.25, 0.3) is 5.78 Å². The van der Waals surface area contributed by atoms with Crippen LogP contribution in [0, 0.1) is 19.7 Å². The molecule has 2 heterocycles. The largest absolute Gasteiger partial charge is 0.293 e. The van der Waals surface area contributed by atoms with Crippen molar-refractivity contribution in [3.05, 3.63) is 51.7 Å². The fourth-order valence-corrected chi connectivity index (χ4v) is 3.34. The van der Waals surface area contributed by atoms with Crippen LogP contribution in [0.1, 0.15) is 11.3 Å². The van der Waals surface area contributed by atoms with Crippen molar-refractivity contribution in [2.75, 3.05) is 22.4 Å². The third-order valence-electron chi connectivity index (χ3n) is 4.01. The summed E-state index contributed by atoms with van der Waals surface area (Å²) < 4.78 is 39.3. The molecule has 10 nitrogen and oxygen atoms in total. The highest BCUT2D eigenvalue weighted by Crippen LogP contribution is 2.18. The number of carbonyl (C=O) groups is 1. The van der Waals surface area contributed by atoms with Crippen LogP contribution in [0.4, 0.5) is 16.0 Å². The molecule has 0 spiro atoms. The first-order chi connectivity index (χ1) is 13.1. The van der Waals surface area contributed by atoms with E-state index in [-0.39, 0.29) is 23.0 Å². The molecule has 2 N–H and O–H groups in total. The zero-order chi connectivity index (χ0) is 20.6. The van der Waals surface area contributed by atoms with Gasteiger partial charge in [-0.15, -0.1) is 0 Å². The monoisotopic (exact) mass is 408 g/mol. The Morgan fingerprint density at radius 3 is 2.68 bits per heavy atom. The number of nitrogens with zero attached hydrogens (tertiary/aromatic N) is 4. The molecule has 0 bridgehead atoms. The van der Waals surface area contributed by atoms with E-state index in [1.54, 1.807) is 13.8 Å². The molecule has 0 saturated carbocycles. The van der Waals surface area contributed by atoms with Crippen LogP contribution in [0.15, 0.2) is 29.1 Å². The number of hydrogen-bond donors (Lipinski definition) is 2. The number of aromatic amines is 1. The number of amides is 1. The van der Waals surface area contributed by atoms with Gasteiger partial charge in [0.05, 0.1) is 11.9 Å². The second-order valence-corrected chi connectivity index (χ2v) is 8.04. The number of H-pyrrole nitrogens is 1. The molecule has 0 aliphatic rings. The van der Waals surface area contributed by atoms with Gasteiger partial charge in [0, 0.05) is 11.3 Å². The average Bonchev–Trinajstić information content (AvgIpc) is 2.99. The van der Waals surface area contributed by atoms with Crippen LogP contribution in [-0.2, 0) is 14.8 Å². The molecule has 0 saturated heterocycles. The van der Waals surface area contributed by atoms with Gasteiger partial charge in [0.15, 0.2) is 0 Å². The maximum absolute atomic E-state index is 13.4. The number of benzene rings is 1. The lowest BCUT2D eigenvalue weighted by molar-refractivity contribution is -0.114. The van der Waals surface area contributed by atoms with E-state index in [0.29, 0.717) is 11.3 Å². The minimum atomic E-state index is -3.86. The normalized spacial score (nSPS) is 11.6. The quantitative estimate of drug-likeness (QED) is 0.635. The van der Waals surface area contributed by atoms with Crippen molar-refractivity contribution in [2.45, 2.75) is 13.8 Å². The number of rotatable bonds is 5. The van der Waals surface area contributed by atoms with E-state index in [1.807, 2.05) is 0 Å². The van der Waals surface area contributed by atoms with E-state index in [1.165, 1.54) is 12.1 Å². The van der Waals surface area contributed by atoms with Crippen molar-refractivity contribution in [3.63, 3.8) is 0 Å². The van der Waals surface area contributed by atoms with Gasteiger partial charge in [-0.2, -0.15) is 9.50 Å². The van der Waals surface area contributed by atoms with Gasteiger partial charge < -0.3 is 0 Å². The topological polar surface area (TPSA) is 130 Å². The third kappa shape index (κ3) is 3.86. The first kappa shape index (κ1) is 19.5. The Kier molecular flexibility index (Phi) is 4.89. The molecule has 3 aromatic rings. The molecule has 0 atom stereocenters.